The molecule has 0 aliphatic rings. The molecule has 106 valence electrons. The first-order valence-electron chi connectivity index (χ1n) is 5.99. The third-order valence-electron chi connectivity index (χ3n) is 2.90. The van der Waals surface area contributed by atoms with Gasteiger partial charge in [-0.3, -0.25) is 4.79 Å². The summed E-state index contributed by atoms with van der Waals surface area (Å²) in [4.78, 5) is 12.1. The number of nitrogens with zero attached hydrogens (tertiary/aromatic N) is 1. The van der Waals surface area contributed by atoms with E-state index < -0.39 is 17.5 Å². The van der Waals surface area contributed by atoms with E-state index >= 15 is 0 Å². The maximum Gasteiger partial charge on any atom is 0.258 e. The number of halogens is 2. The number of benzene rings is 2. The Hall–Kier alpha value is -2.94. The fraction of sp³-hybridized carbons (Fsp3) is 0.0667. The lowest BCUT2D eigenvalue weighted by molar-refractivity contribution is 0.102. The molecule has 2 aromatic rings. The molecule has 0 saturated carbocycles. The minimum Gasteiger partial charge on any atom is -0.399 e. The summed E-state index contributed by atoms with van der Waals surface area (Å²) in [6.45, 7) is 1.48. The number of nitrogens with two attached hydrogens (primary N) is 1. The first-order valence-corrected chi connectivity index (χ1v) is 5.99. The smallest absolute Gasteiger partial charge is 0.258 e. The lowest BCUT2D eigenvalue weighted by atomic mass is 10.1. The second kappa shape index (κ2) is 5.59. The predicted molar refractivity (Wildman–Crippen MR) is 74.6 cm³/mol. The van der Waals surface area contributed by atoms with E-state index in [1.165, 1.54) is 31.2 Å². The predicted octanol–water partition coefficient (Wildman–Crippen LogP) is 2.98. The minimum atomic E-state index is -0.801. The van der Waals surface area contributed by atoms with Crippen molar-refractivity contribution < 1.29 is 13.6 Å². The van der Waals surface area contributed by atoms with Gasteiger partial charge in [-0.1, -0.05) is 6.07 Å². The van der Waals surface area contributed by atoms with Gasteiger partial charge in [0.15, 0.2) is 0 Å². The van der Waals surface area contributed by atoms with Gasteiger partial charge in [0.2, 0.25) is 0 Å². The lowest BCUT2D eigenvalue weighted by Crippen LogP contribution is -2.16. The zero-order valence-electron chi connectivity index (χ0n) is 11.1. The summed E-state index contributed by atoms with van der Waals surface area (Å²) >= 11 is 0. The lowest BCUT2D eigenvalue weighted by Gasteiger charge is -2.10. The van der Waals surface area contributed by atoms with E-state index in [-0.39, 0.29) is 28.1 Å². The van der Waals surface area contributed by atoms with Crippen LogP contribution in [-0.4, -0.2) is 5.91 Å². The quantitative estimate of drug-likeness (QED) is 0.833. The number of carbonyl (C=O) groups excluding carboxylic acids is 1. The van der Waals surface area contributed by atoms with Gasteiger partial charge < -0.3 is 11.1 Å². The van der Waals surface area contributed by atoms with Crippen LogP contribution in [0.1, 0.15) is 21.5 Å². The molecule has 4 nitrogen and oxygen atoms in total. The Labute approximate surface area is 119 Å². The molecule has 0 saturated heterocycles. The van der Waals surface area contributed by atoms with E-state index in [4.69, 9.17) is 11.0 Å². The van der Waals surface area contributed by atoms with Crippen LogP contribution in [-0.2, 0) is 0 Å². The zero-order chi connectivity index (χ0) is 15.6. The van der Waals surface area contributed by atoms with Gasteiger partial charge in [0, 0.05) is 5.69 Å². The van der Waals surface area contributed by atoms with E-state index in [0.29, 0.717) is 0 Å². The molecular weight excluding hydrogens is 276 g/mol. The Morgan fingerprint density at radius 2 is 2.05 bits per heavy atom. The number of rotatable bonds is 2. The summed E-state index contributed by atoms with van der Waals surface area (Å²) in [6.07, 6.45) is 0. The molecular formula is C15H11F2N3O. The molecule has 0 atom stereocenters. The van der Waals surface area contributed by atoms with E-state index in [9.17, 15) is 13.6 Å². The fourth-order valence-corrected chi connectivity index (χ4v) is 1.89. The molecule has 21 heavy (non-hydrogen) atoms. The highest BCUT2D eigenvalue weighted by atomic mass is 19.1. The highest BCUT2D eigenvalue weighted by Gasteiger charge is 2.17. The number of carbonyl (C=O) groups is 1. The van der Waals surface area contributed by atoms with Crippen LogP contribution in [0.2, 0.25) is 0 Å². The average Bonchev–Trinajstić information content (AvgIpc) is 2.43. The molecule has 0 unspecified atom stereocenters. The summed E-state index contributed by atoms with van der Waals surface area (Å²) in [6, 6.07) is 8.03. The molecule has 2 aromatic carbocycles. The third kappa shape index (κ3) is 2.82. The van der Waals surface area contributed by atoms with Crippen LogP contribution in [0, 0.1) is 29.9 Å². The molecule has 0 aromatic heterocycles. The van der Waals surface area contributed by atoms with Gasteiger partial charge in [0.25, 0.3) is 5.91 Å². The summed E-state index contributed by atoms with van der Waals surface area (Å²) in [5, 5.41) is 11.2. The maximum absolute atomic E-state index is 13.9. The van der Waals surface area contributed by atoms with Crippen molar-refractivity contribution in [2.24, 2.45) is 0 Å². The van der Waals surface area contributed by atoms with E-state index in [0.717, 1.165) is 6.07 Å². The third-order valence-corrected chi connectivity index (χ3v) is 2.90. The number of anilines is 2. The largest absolute Gasteiger partial charge is 0.399 e. The van der Waals surface area contributed by atoms with Crippen LogP contribution in [0.5, 0.6) is 0 Å². The van der Waals surface area contributed by atoms with E-state index in [1.54, 1.807) is 6.07 Å². The van der Waals surface area contributed by atoms with Crippen molar-refractivity contribution in [2.75, 3.05) is 11.1 Å². The molecule has 0 spiro atoms. The molecule has 0 bridgehead atoms. The molecule has 0 radical (unpaired) electrons. The van der Waals surface area contributed by atoms with Crippen LogP contribution in [0.25, 0.3) is 0 Å². The molecule has 0 heterocycles. The minimum absolute atomic E-state index is 0.0259. The van der Waals surface area contributed by atoms with Crippen molar-refractivity contribution in [2.45, 2.75) is 6.92 Å². The summed E-state index contributed by atoms with van der Waals surface area (Å²) in [7, 11) is 0. The molecule has 0 aliphatic heterocycles. The molecule has 1 amide bonds. The van der Waals surface area contributed by atoms with Gasteiger partial charge in [-0.2, -0.15) is 5.26 Å². The van der Waals surface area contributed by atoms with E-state index in [1.807, 2.05) is 0 Å². The van der Waals surface area contributed by atoms with Crippen molar-refractivity contribution in [3.05, 3.63) is 58.7 Å². The monoisotopic (exact) mass is 287 g/mol. The summed E-state index contributed by atoms with van der Waals surface area (Å²) < 4.78 is 27.4. The van der Waals surface area contributed by atoms with Gasteiger partial charge in [0.1, 0.15) is 23.3 Å². The Morgan fingerprint density at radius 3 is 2.71 bits per heavy atom. The Balaban J connectivity index is 2.40. The highest BCUT2D eigenvalue weighted by molar-refractivity contribution is 6.05. The van der Waals surface area contributed by atoms with Crippen molar-refractivity contribution in [1.29, 1.82) is 5.26 Å². The van der Waals surface area contributed by atoms with Crippen molar-refractivity contribution >= 4 is 17.3 Å². The van der Waals surface area contributed by atoms with Crippen LogP contribution in [0.3, 0.4) is 0 Å². The fourth-order valence-electron chi connectivity index (χ4n) is 1.89. The molecule has 6 heteroatoms. The van der Waals surface area contributed by atoms with Crippen LogP contribution in [0.4, 0.5) is 20.2 Å². The molecule has 0 aliphatic carbocycles. The maximum atomic E-state index is 13.9. The van der Waals surface area contributed by atoms with Crippen molar-refractivity contribution in [3.8, 4) is 6.07 Å². The van der Waals surface area contributed by atoms with Gasteiger partial charge in [0.05, 0.1) is 11.3 Å². The topological polar surface area (TPSA) is 78.9 Å². The van der Waals surface area contributed by atoms with Crippen molar-refractivity contribution in [3.63, 3.8) is 0 Å². The Bertz CT molecular complexity index is 766. The highest BCUT2D eigenvalue weighted by Crippen LogP contribution is 2.21. The van der Waals surface area contributed by atoms with Crippen LogP contribution in [0.15, 0.2) is 30.3 Å². The van der Waals surface area contributed by atoms with Gasteiger partial charge in [-0.25, -0.2) is 8.78 Å². The first kappa shape index (κ1) is 14.5. The zero-order valence-corrected chi connectivity index (χ0v) is 11.1. The van der Waals surface area contributed by atoms with Crippen LogP contribution < -0.4 is 11.1 Å². The molecule has 2 rings (SSSR count). The number of amides is 1. The van der Waals surface area contributed by atoms with Gasteiger partial charge >= 0.3 is 0 Å². The van der Waals surface area contributed by atoms with Gasteiger partial charge in [-0.15, -0.1) is 0 Å². The summed E-state index contributed by atoms with van der Waals surface area (Å²) in [5.41, 5.74) is 5.44. The standard InChI is InChI=1S/C15H11F2N3O/c1-8-5-9(19)6-10(14(8)17)15(21)20-13-4-2-3-12(16)11(13)7-18/h2-6H,19H2,1H3,(H,20,21). The van der Waals surface area contributed by atoms with Crippen LogP contribution >= 0.6 is 0 Å². The Morgan fingerprint density at radius 1 is 1.33 bits per heavy atom. The molecule has 0 fully saturated rings. The second-order valence-electron chi connectivity index (χ2n) is 4.43. The Kier molecular flexibility index (Phi) is 3.85. The second-order valence-corrected chi connectivity index (χ2v) is 4.43. The molecule has 3 N–H and O–H groups in total. The SMILES string of the molecule is Cc1cc(N)cc(C(=O)Nc2cccc(F)c2C#N)c1F. The normalized spacial score (nSPS) is 10.0. The van der Waals surface area contributed by atoms with Crippen molar-refractivity contribution in [1.82, 2.24) is 0 Å². The number of aryl methyl sites for hydroxylation is 1. The van der Waals surface area contributed by atoms with E-state index in [2.05, 4.69) is 5.32 Å². The number of nitrogen functional groups attached to an aromatic ring is 1. The number of hydrogen-bond acceptors (Lipinski definition) is 3. The number of nitrogens with one attached hydrogen (secondary N) is 1. The summed E-state index contributed by atoms with van der Waals surface area (Å²) in [5.74, 6) is -2.28. The number of hydrogen-bond donors (Lipinski definition) is 2. The average molecular weight is 287 g/mol. The first-order chi connectivity index (χ1) is 9.93. The van der Waals surface area contributed by atoms with Gasteiger partial charge in [-0.05, 0) is 36.8 Å². The number of nitriles is 1.